The minimum absolute atomic E-state index is 0.00181. The standard InChI is InChI=1S/C16H17N3OS2/c1-3-6-14-17-11(9-21-14)10-22-16-18-13-8-5-4-7-12(13)15(20)19(16)2/h4-5,7-9H,3,6,10H2,1-2H3. The summed E-state index contributed by atoms with van der Waals surface area (Å²) in [5.41, 5.74) is 1.80. The van der Waals surface area contributed by atoms with Gasteiger partial charge in [-0.1, -0.05) is 30.8 Å². The zero-order valence-electron chi connectivity index (χ0n) is 12.6. The van der Waals surface area contributed by atoms with Crippen molar-refractivity contribution in [3.8, 4) is 0 Å². The average molecular weight is 331 g/mol. The van der Waals surface area contributed by atoms with E-state index in [0.717, 1.165) is 35.0 Å². The van der Waals surface area contributed by atoms with Crippen LogP contribution in [0.4, 0.5) is 0 Å². The van der Waals surface area contributed by atoms with E-state index in [1.54, 1.807) is 34.7 Å². The minimum Gasteiger partial charge on any atom is -0.290 e. The number of fused-ring (bicyclic) bond motifs is 1. The summed E-state index contributed by atoms with van der Waals surface area (Å²) in [5, 5.41) is 4.66. The monoisotopic (exact) mass is 331 g/mol. The Morgan fingerprint density at radius 1 is 1.27 bits per heavy atom. The Labute approximate surface area is 137 Å². The molecule has 2 heterocycles. The van der Waals surface area contributed by atoms with Gasteiger partial charge in [0.05, 0.1) is 21.6 Å². The van der Waals surface area contributed by atoms with E-state index in [-0.39, 0.29) is 5.56 Å². The van der Waals surface area contributed by atoms with E-state index < -0.39 is 0 Å². The van der Waals surface area contributed by atoms with Crippen molar-refractivity contribution in [3.05, 3.63) is 50.7 Å². The summed E-state index contributed by atoms with van der Waals surface area (Å²) in [6, 6.07) is 7.46. The zero-order chi connectivity index (χ0) is 15.5. The van der Waals surface area contributed by atoms with Crippen LogP contribution in [0.3, 0.4) is 0 Å². The van der Waals surface area contributed by atoms with Crippen LogP contribution in [0.25, 0.3) is 10.9 Å². The molecule has 2 aromatic heterocycles. The molecule has 0 atom stereocenters. The predicted octanol–water partition coefficient (Wildman–Crippen LogP) is 3.63. The van der Waals surface area contributed by atoms with Gasteiger partial charge in [-0.3, -0.25) is 9.36 Å². The average Bonchev–Trinajstić information content (AvgIpc) is 2.97. The van der Waals surface area contributed by atoms with E-state index in [1.165, 1.54) is 5.01 Å². The number of aryl methyl sites for hydroxylation is 1. The molecule has 4 nitrogen and oxygen atoms in total. The van der Waals surface area contributed by atoms with Gasteiger partial charge in [0.1, 0.15) is 0 Å². The molecule has 0 amide bonds. The van der Waals surface area contributed by atoms with E-state index in [0.29, 0.717) is 5.39 Å². The molecule has 0 N–H and O–H groups in total. The lowest BCUT2D eigenvalue weighted by Gasteiger charge is -2.07. The van der Waals surface area contributed by atoms with Crippen LogP contribution >= 0.6 is 23.1 Å². The Kier molecular flexibility index (Phi) is 4.59. The van der Waals surface area contributed by atoms with E-state index >= 15 is 0 Å². The van der Waals surface area contributed by atoms with Crippen molar-refractivity contribution >= 4 is 34.0 Å². The van der Waals surface area contributed by atoms with Crippen molar-refractivity contribution in [3.63, 3.8) is 0 Å². The smallest absolute Gasteiger partial charge is 0.261 e. The van der Waals surface area contributed by atoms with Crippen molar-refractivity contribution in [2.45, 2.75) is 30.7 Å². The molecule has 0 aliphatic rings. The van der Waals surface area contributed by atoms with Gasteiger partial charge >= 0.3 is 0 Å². The van der Waals surface area contributed by atoms with Crippen molar-refractivity contribution in [2.75, 3.05) is 0 Å². The Morgan fingerprint density at radius 3 is 2.91 bits per heavy atom. The fourth-order valence-corrected chi connectivity index (χ4v) is 4.08. The Balaban J connectivity index is 1.84. The van der Waals surface area contributed by atoms with E-state index in [4.69, 9.17) is 0 Å². The molecule has 1 aromatic carbocycles. The number of thioether (sulfide) groups is 1. The number of para-hydroxylation sites is 1. The molecule has 22 heavy (non-hydrogen) atoms. The summed E-state index contributed by atoms with van der Waals surface area (Å²) in [4.78, 5) is 21.6. The largest absolute Gasteiger partial charge is 0.290 e. The molecule has 3 rings (SSSR count). The normalized spacial score (nSPS) is 11.2. The highest BCUT2D eigenvalue weighted by molar-refractivity contribution is 7.98. The first-order valence-corrected chi connectivity index (χ1v) is 9.07. The number of rotatable bonds is 5. The summed E-state index contributed by atoms with van der Waals surface area (Å²) in [5.74, 6) is 0.735. The first kappa shape index (κ1) is 15.2. The van der Waals surface area contributed by atoms with Crippen LogP contribution in [0.15, 0.2) is 39.6 Å². The fraction of sp³-hybridized carbons (Fsp3) is 0.312. The first-order chi connectivity index (χ1) is 10.7. The zero-order valence-corrected chi connectivity index (χ0v) is 14.2. The van der Waals surface area contributed by atoms with Crippen LogP contribution in [0.2, 0.25) is 0 Å². The molecule has 6 heteroatoms. The lowest BCUT2D eigenvalue weighted by atomic mass is 10.2. The maximum Gasteiger partial charge on any atom is 0.261 e. The molecule has 0 saturated carbocycles. The number of hydrogen-bond acceptors (Lipinski definition) is 5. The van der Waals surface area contributed by atoms with Crippen molar-refractivity contribution in [1.82, 2.24) is 14.5 Å². The lowest BCUT2D eigenvalue weighted by molar-refractivity contribution is 0.726. The quantitative estimate of drug-likeness (QED) is 0.529. The van der Waals surface area contributed by atoms with Crippen molar-refractivity contribution < 1.29 is 0 Å². The van der Waals surface area contributed by atoms with Gasteiger partial charge in [0.25, 0.3) is 5.56 Å². The molecule has 0 fully saturated rings. The highest BCUT2D eigenvalue weighted by Gasteiger charge is 2.09. The second kappa shape index (κ2) is 6.62. The van der Waals surface area contributed by atoms with Gasteiger partial charge in [-0.15, -0.1) is 11.3 Å². The third-order valence-electron chi connectivity index (χ3n) is 3.35. The van der Waals surface area contributed by atoms with Gasteiger partial charge in [-0.25, -0.2) is 9.97 Å². The molecule has 0 spiro atoms. The minimum atomic E-state index is -0.00181. The molecular weight excluding hydrogens is 314 g/mol. The highest BCUT2D eigenvalue weighted by Crippen LogP contribution is 2.23. The van der Waals surface area contributed by atoms with Crippen LogP contribution in [0.5, 0.6) is 0 Å². The molecule has 0 bridgehead atoms. The topological polar surface area (TPSA) is 47.8 Å². The van der Waals surface area contributed by atoms with E-state index in [2.05, 4.69) is 22.3 Å². The molecule has 114 valence electrons. The van der Waals surface area contributed by atoms with E-state index in [1.807, 2.05) is 24.3 Å². The molecule has 0 aliphatic carbocycles. The molecule has 0 unspecified atom stereocenters. The molecule has 0 radical (unpaired) electrons. The Morgan fingerprint density at radius 2 is 2.09 bits per heavy atom. The van der Waals surface area contributed by atoms with Crippen LogP contribution < -0.4 is 5.56 Å². The summed E-state index contributed by atoms with van der Waals surface area (Å²) in [6.45, 7) is 2.16. The number of nitrogens with zero attached hydrogens (tertiary/aromatic N) is 3. The second-order valence-electron chi connectivity index (χ2n) is 5.05. The Bertz CT molecular complexity index is 854. The van der Waals surface area contributed by atoms with Gasteiger partial charge in [0.2, 0.25) is 0 Å². The molecule has 0 aliphatic heterocycles. The van der Waals surface area contributed by atoms with Crippen LogP contribution in [-0.2, 0) is 19.2 Å². The van der Waals surface area contributed by atoms with Crippen LogP contribution in [-0.4, -0.2) is 14.5 Å². The molecule has 0 saturated heterocycles. The van der Waals surface area contributed by atoms with Gasteiger partial charge < -0.3 is 0 Å². The first-order valence-electron chi connectivity index (χ1n) is 7.21. The van der Waals surface area contributed by atoms with Gasteiger partial charge in [-0.2, -0.15) is 0 Å². The second-order valence-corrected chi connectivity index (χ2v) is 6.93. The third-order valence-corrected chi connectivity index (χ3v) is 5.38. The van der Waals surface area contributed by atoms with E-state index in [9.17, 15) is 4.79 Å². The lowest BCUT2D eigenvalue weighted by Crippen LogP contribution is -2.19. The molecule has 3 aromatic rings. The number of aromatic nitrogens is 3. The Hall–Kier alpha value is -1.66. The number of benzene rings is 1. The third kappa shape index (κ3) is 3.08. The van der Waals surface area contributed by atoms with Crippen LogP contribution in [0.1, 0.15) is 24.0 Å². The maximum absolute atomic E-state index is 12.3. The summed E-state index contributed by atoms with van der Waals surface area (Å²) in [7, 11) is 1.77. The SMILES string of the molecule is CCCc1nc(CSc2nc3ccccc3c(=O)n2C)cs1. The summed E-state index contributed by atoms with van der Waals surface area (Å²) < 4.78 is 1.62. The fourth-order valence-electron chi connectivity index (χ4n) is 2.21. The van der Waals surface area contributed by atoms with Crippen molar-refractivity contribution in [1.29, 1.82) is 0 Å². The highest BCUT2D eigenvalue weighted by atomic mass is 32.2. The summed E-state index contributed by atoms with van der Waals surface area (Å²) >= 11 is 3.26. The molecular formula is C16H17N3OS2. The van der Waals surface area contributed by atoms with Crippen LogP contribution in [0, 0.1) is 0 Å². The van der Waals surface area contributed by atoms with Crippen molar-refractivity contribution in [2.24, 2.45) is 7.05 Å². The number of hydrogen-bond donors (Lipinski definition) is 0. The van der Waals surface area contributed by atoms with Gasteiger partial charge in [-0.05, 0) is 25.0 Å². The van der Waals surface area contributed by atoms with Gasteiger partial charge in [0, 0.05) is 18.2 Å². The summed E-state index contributed by atoms with van der Waals surface area (Å²) in [6.07, 6.45) is 2.14. The van der Waals surface area contributed by atoms with Gasteiger partial charge in [0.15, 0.2) is 5.16 Å². The maximum atomic E-state index is 12.3. The predicted molar refractivity (Wildman–Crippen MR) is 92.7 cm³/mol. The number of thiazole rings is 1.